The molecule has 1 aliphatic rings. The average Bonchev–Trinajstić information content (AvgIpc) is 2.38. The molecule has 0 spiro atoms. The van der Waals surface area contributed by atoms with E-state index in [1.54, 1.807) is 0 Å². The normalized spacial score (nSPS) is 20.6. The summed E-state index contributed by atoms with van der Waals surface area (Å²) in [6.45, 7) is 6.37. The second-order valence-corrected chi connectivity index (χ2v) is 5.37. The zero-order valence-corrected chi connectivity index (χ0v) is 12.2. The Labute approximate surface area is 112 Å². The highest BCUT2D eigenvalue weighted by Gasteiger charge is 2.20. The lowest BCUT2D eigenvalue weighted by molar-refractivity contribution is 0.452. The van der Waals surface area contributed by atoms with Crippen molar-refractivity contribution in [3.63, 3.8) is 0 Å². The Morgan fingerprint density at radius 3 is 3.00 bits per heavy atom. The highest BCUT2D eigenvalue weighted by atomic mass is 79.9. The van der Waals surface area contributed by atoms with Crippen LogP contribution in [0.4, 0.5) is 5.82 Å². The van der Waals surface area contributed by atoms with Crippen LogP contribution in [-0.4, -0.2) is 28.4 Å². The van der Waals surface area contributed by atoms with Gasteiger partial charge in [0.15, 0.2) is 0 Å². The number of aromatic nitrogens is 2. The standard InChI is InChI=1S/C13H20BrN3/c1-3-12-7-13(16-10(2)15-12)17-6-4-5-11(8-14)9-17/h7,11H,3-6,8-9H2,1-2H3. The maximum Gasteiger partial charge on any atom is 0.132 e. The van der Waals surface area contributed by atoms with Crippen LogP contribution in [0.5, 0.6) is 0 Å². The van der Waals surface area contributed by atoms with E-state index in [2.05, 4.69) is 43.8 Å². The molecule has 1 saturated heterocycles. The fourth-order valence-electron chi connectivity index (χ4n) is 2.35. The predicted octanol–water partition coefficient (Wildman–Crippen LogP) is 2.96. The Morgan fingerprint density at radius 2 is 2.29 bits per heavy atom. The van der Waals surface area contributed by atoms with Gasteiger partial charge in [0.1, 0.15) is 11.6 Å². The molecule has 1 atom stereocenters. The van der Waals surface area contributed by atoms with Crippen LogP contribution >= 0.6 is 15.9 Å². The predicted molar refractivity (Wildman–Crippen MR) is 74.9 cm³/mol. The van der Waals surface area contributed by atoms with Gasteiger partial charge in [0.05, 0.1) is 0 Å². The second kappa shape index (κ2) is 5.80. The number of piperidine rings is 1. The number of alkyl halides is 1. The van der Waals surface area contributed by atoms with Crippen LogP contribution in [-0.2, 0) is 6.42 Å². The van der Waals surface area contributed by atoms with E-state index in [9.17, 15) is 0 Å². The van der Waals surface area contributed by atoms with Crippen LogP contribution in [0.2, 0.25) is 0 Å². The van der Waals surface area contributed by atoms with E-state index in [-0.39, 0.29) is 0 Å². The number of aryl methyl sites for hydroxylation is 2. The molecule has 0 bridgehead atoms. The molecule has 0 aromatic carbocycles. The van der Waals surface area contributed by atoms with Crippen LogP contribution in [0.25, 0.3) is 0 Å². The van der Waals surface area contributed by atoms with Gasteiger partial charge in [-0.05, 0) is 32.1 Å². The van der Waals surface area contributed by atoms with Gasteiger partial charge in [-0.3, -0.25) is 0 Å². The van der Waals surface area contributed by atoms with Gasteiger partial charge in [-0.2, -0.15) is 0 Å². The number of hydrogen-bond acceptors (Lipinski definition) is 3. The average molecular weight is 298 g/mol. The van der Waals surface area contributed by atoms with Crippen molar-refractivity contribution in [2.75, 3.05) is 23.3 Å². The van der Waals surface area contributed by atoms with Gasteiger partial charge in [0.2, 0.25) is 0 Å². The third kappa shape index (κ3) is 3.18. The lowest BCUT2D eigenvalue weighted by Gasteiger charge is -2.33. The molecule has 17 heavy (non-hydrogen) atoms. The van der Waals surface area contributed by atoms with Crippen LogP contribution < -0.4 is 4.90 Å². The van der Waals surface area contributed by atoms with Crippen molar-refractivity contribution >= 4 is 21.7 Å². The smallest absolute Gasteiger partial charge is 0.132 e. The van der Waals surface area contributed by atoms with E-state index in [0.29, 0.717) is 0 Å². The summed E-state index contributed by atoms with van der Waals surface area (Å²) in [7, 11) is 0. The zero-order chi connectivity index (χ0) is 12.3. The Hall–Kier alpha value is -0.640. The van der Waals surface area contributed by atoms with E-state index >= 15 is 0 Å². The molecule has 2 rings (SSSR count). The van der Waals surface area contributed by atoms with Gasteiger partial charge in [-0.25, -0.2) is 9.97 Å². The summed E-state index contributed by atoms with van der Waals surface area (Å²) >= 11 is 3.59. The first-order valence-corrected chi connectivity index (χ1v) is 7.50. The van der Waals surface area contributed by atoms with Crippen molar-refractivity contribution in [1.82, 2.24) is 9.97 Å². The van der Waals surface area contributed by atoms with Crippen molar-refractivity contribution in [3.05, 3.63) is 17.6 Å². The molecular formula is C13H20BrN3. The summed E-state index contributed by atoms with van der Waals surface area (Å²) in [6, 6.07) is 2.14. The molecular weight excluding hydrogens is 278 g/mol. The molecule has 1 aromatic heterocycles. The van der Waals surface area contributed by atoms with E-state index in [1.807, 2.05) is 6.92 Å². The highest BCUT2D eigenvalue weighted by Crippen LogP contribution is 2.23. The Kier molecular flexibility index (Phi) is 4.37. The molecule has 0 aliphatic carbocycles. The molecule has 0 N–H and O–H groups in total. The first-order chi connectivity index (χ1) is 8.22. The Balaban J connectivity index is 2.18. The van der Waals surface area contributed by atoms with Crippen LogP contribution in [0.1, 0.15) is 31.3 Å². The molecule has 1 aliphatic heterocycles. The first-order valence-electron chi connectivity index (χ1n) is 6.38. The molecule has 0 radical (unpaired) electrons. The topological polar surface area (TPSA) is 29.0 Å². The van der Waals surface area contributed by atoms with Crippen LogP contribution in [0, 0.1) is 12.8 Å². The largest absolute Gasteiger partial charge is 0.356 e. The fraction of sp³-hybridized carbons (Fsp3) is 0.692. The number of rotatable bonds is 3. The molecule has 1 fully saturated rings. The van der Waals surface area contributed by atoms with Crippen molar-refractivity contribution in [2.45, 2.75) is 33.1 Å². The number of halogens is 1. The minimum absolute atomic E-state index is 0.754. The third-order valence-electron chi connectivity index (χ3n) is 3.30. The van der Waals surface area contributed by atoms with Crippen LogP contribution in [0.15, 0.2) is 6.07 Å². The molecule has 0 amide bonds. The van der Waals surface area contributed by atoms with Crippen molar-refractivity contribution in [2.24, 2.45) is 5.92 Å². The maximum absolute atomic E-state index is 4.57. The molecule has 1 unspecified atom stereocenters. The monoisotopic (exact) mass is 297 g/mol. The SMILES string of the molecule is CCc1cc(N2CCCC(CBr)C2)nc(C)n1. The van der Waals surface area contributed by atoms with Crippen molar-refractivity contribution < 1.29 is 0 Å². The molecule has 0 saturated carbocycles. The lowest BCUT2D eigenvalue weighted by atomic mass is 10.0. The summed E-state index contributed by atoms with van der Waals surface area (Å²) in [5.41, 5.74) is 1.15. The van der Waals surface area contributed by atoms with Gasteiger partial charge in [0, 0.05) is 30.2 Å². The Morgan fingerprint density at radius 1 is 1.47 bits per heavy atom. The Bertz CT molecular complexity index is 381. The summed E-state index contributed by atoms with van der Waals surface area (Å²) in [5, 5.41) is 1.09. The molecule has 4 heteroatoms. The van der Waals surface area contributed by atoms with Gasteiger partial charge >= 0.3 is 0 Å². The molecule has 2 heterocycles. The minimum Gasteiger partial charge on any atom is -0.356 e. The van der Waals surface area contributed by atoms with Crippen LogP contribution in [0.3, 0.4) is 0 Å². The molecule has 1 aromatic rings. The van der Waals surface area contributed by atoms with Gasteiger partial charge in [-0.1, -0.05) is 22.9 Å². The van der Waals surface area contributed by atoms with E-state index < -0.39 is 0 Å². The van der Waals surface area contributed by atoms with Gasteiger partial charge < -0.3 is 4.90 Å². The first kappa shape index (κ1) is 12.8. The van der Waals surface area contributed by atoms with Gasteiger partial charge in [-0.15, -0.1) is 0 Å². The lowest BCUT2D eigenvalue weighted by Crippen LogP contribution is -2.36. The summed E-state index contributed by atoms with van der Waals surface area (Å²) in [5.74, 6) is 2.75. The minimum atomic E-state index is 0.754. The quantitative estimate of drug-likeness (QED) is 0.803. The third-order valence-corrected chi connectivity index (χ3v) is 4.22. The summed E-state index contributed by atoms with van der Waals surface area (Å²) in [4.78, 5) is 11.4. The number of hydrogen-bond donors (Lipinski definition) is 0. The van der Waals surface area contributed by atoms with E-state index in [4.69, 9.17) is 0 Å². The zero-order valence-electron chi connectivity index (χ0n) is 10.6. The molecule has 94 valence electrons. The summed E-state index contributed by atoms with van der Waals surface area (Å²) in [6.07, 6.45) is 3.57. The van der Waals surface area contributed by atoms with Crippen molar-refractivity contribution in [3.8, 4) is 0 Å². The van der Waals surface area contributed by atoms with Gasteiger partial charge in [0.25, 0.3) is 0 Å². The highest BCUT2D eigenvalue weighted by molar-refractivity contribution is 9.09. The van der Waals surface area contributed by atoms with E-state index in [1.165, 1.54) is 12.8 Å². The second-order valence-electron chi connectivity index (χ2n) is 4.73. The van der Waals surface area contributed by atoms with Crippen molar-refractivity contribution in [1.29, 1.82) is 0 Å². The number of anilines is 1. The summed E-state index contributed by atoms with van der Waals surface area (Å²) < 4.78 is 0. The molecule has 3 nitrogen and oxygen atoms in total. The fourth-order valence-corrected chi connectivity index (χ4v) is 2.88. The van der Waals surface area contributed by atoms with E-state index in [0.717, 1.165) is 48.1 Å². The number of nitrogens with zero attached hydrogens (tertiary/aromatic N) is 3. The maximum atomic E-state index is 4.57.